The molecule has 0 aliphatic carbocycles. The van der Waals surface area contributed by atoms with E-state index in [4.69, 9.17) is 5.84 Å². The van der Waals surface area contributed by atoms with Gasteiger partial charge < -0.3 is 0 Å². The lowest BCUT2D eigenvalue weighted by molar-refractivity contribution is 0.541. The minimum Gasteiger partial charge on any atom is -0.271 e. The number of nitrogens with two attached hydrogens (primary N) is 1. The molecule has 0 amide bonds. The van der Waals surface area contributed by atoms with Crippen LogP contribution in [0.4, 0.5) is 8.78 Å². The lowest BCUT2D eigenvalue weighted by atomic mass is 9.98. The van der Waals surface area contributed by atoms with Crippen LogP contribution in [0.25, 0.3) is 0 Å². The van der Waals surface area contributed by atoms with Crippen LogP contribution in [0, 0.1) is 18.6 Å². The van der Waals surface area contributed by atoms with E-state index < -0.39 is 0 Å². The van der Waals surface area contributed by atoms with Crippen LogP contribution in [0.1, 0.15) is 22.7 Å². The van der Waals surface area contributed by atoms with Gasteiger partial charge in [-0.05, 0) is 54.3 Å². The van der Waals surface area contributed by atoms with Crippen LogP contribution < -0.4 is 11.3 Å². The number of nitrogens with one attached hydrogen (secondary N) is 1. The summed E-state index contributed by atoms with van der Waals surface area (Å²) in [4.78, 5) is 0. The molecule has 0 aromatic heterocycles. The number of hydrogen-bond donors (Lipinski definition) is 2. The quantitative estimate of drug-likeness (QED) is 0.656. The number of hydrogen-bond acceptors (Lipinski definition) is 2. The number of rotatable bonds is 4. The average Bonchev–Trinajstić information content (AvgIpc) is 2.34. The molecular weight excluding hydrogens is 246 g/mol. The van der Waals surface area contributed by atoms with Crippen molar-refractivity contribution >= 4 is 0 Å². The first-order valence-electron chi connectivity index (χ1n) is 6.06. The summed E-state index contributed by atoms with van der Waals surface area (Å²) in [5, 5.41) is 0. The minimum absolute atomic E-state index is 0.254. The summed E-state index contributed by atoms with van der Waals surface area (Å²) in [5.74, 6) is 4.94. The molecule has 3 N–H and O–H groups in total. The minimum atomic E-state index is -0.297. The monoisotopic (exact) mass is 262 g/mol. The summed E-state index contributed by atoms with van der Waals surface area (Å²) >= 11 is 0. The molecule has 0 aliphatic rings. The summed E-state index contributed by atoms with van der Waals surface area (Å²) < 4.78 is 26.5. The maximum absolute atomic E-state index is 13.4. The highest BCUT2D eigenvalue weighted by atomic mass is 19.1. The Kier molecular flexibility index (Phi) is 4.24. The Morgan fingerprint density at radius 1 is 1.11 bits per heavy atom. The van der Waals surface area contributed by atoms with Gasteiger partial charge in [-0.25, -0.2) is 8.78 Å². The molecular formula is C15H16F2N2. The van der Waals surface area contributed by atoms with Crippen molar-refractivity contribution in [3.05, 3.63) is 70.8 Å². The Hall–Kier alpha value is -1.78. The molecule has 0 heterocycles. The Bertz CT molecular complexity index is 550. The van der Waals surface area contributed by atoms with E-state index in [1.54, 1.807) is 6.07 Å². The van der Waals surface area contributed by atoms with E-state index >= 15 is 0 Å². The second-order valence-corrected chi connectivity index (χ2v) is 4.62. The van der Waals surface area contributed by atoms with Crippen molar-refractivity contribution in [2.45, 2.75) is 19.4 Å². The fourth-order valence-corrected chi connectivity index (χ4v) is 2.14. The molecule has 2 nitrogen and oxygen atoms in total. The van der Waals surface area contributed by atoms with Gasteiger partial charge in [-0.3, -0.25) is 11.3 Å². The molecule has 0 saturated heterocycles. The van der Waals surface area contributed by atoms with Crippen LogP contribution in [0.5, 0.6) is 0 Å². The van der Waals surface area contributed by atoms with Gasteiger partial charge in [0.2, 0.25) is 0 Å². The summed E-state index contributed by atoms with van der Waals surface area (Å²) in [6, 6.07) is 10.8. The molecule has 0 bridgehead atoms. The van der Waals surface area contributed by atoms with E-state index in [2.05, 4.69) is 5.43 Å². The van der Waals surface area contributed by atoms with Crippen LogP contribution in [-0.4, -0.2) is 0 Å². The molecule has 0 spiro atoms. The van der Waals surface area contributed by atoms with Crippen molar-refractivity contribution in [2.24, 2.45) is 5.84 Å². The maximum atomic E-state index is 13.4. The van der Waals surface area contributed by atoms with E-state index in [1.165, 1.54) is 24.3 Å². The highest BCUT2D eigenvalue weighted by Gasteiger charge is 2.12. The summed E-state index contributed by atoms with van der Waals surface area (Å²) in [6.45, 7) is 1.82. The fourth-order valence-electron chi connectivity index (χ4n) is 2.14. The first kappa shape index (κ1) is 13.6. The van der Waals surface area contributed by atoms with Crippen molar-refractivity contribution in [1.29, 1.82) is 0 Å². The van der Waals surface area contributed by atoms with E-state index in [0.29, 0.717) is 6.42 Å². The molecule has 0 radical (unpaired) electrons. The van der Waals surface area contributed by atoms with Gasteiger partial charge in [-0.2, -0.15) is 0 Å². The molecule has 1 unspecified atom stereocenters. The third-order valence-electron chi connectivity index (χ3n) is 3.00. The van der Waals surface area contributed by atoms with Gasteiger partial charge in [0.1, 0.15) is 11.6 Å². The third-order valence-corrected chi connectivity index (χ3v) is 3.00. The van der Waals surface area contributed by atoms with E-state index in [1.807, 2.05) is 19.1 Å². The van der Waals surface area contributed by atoms with E-state index in [-0.39, 0.29) is 17.7 Å². The zero-order valence-electron chi connectivity index (χ0n) is 10.7. The lowest BCUT2D eigenvalue weighted by Crippen LogP contribution is -2.29. The van der Waals surface area contributed by atoms with E-state index in [0.717, 1.165) is 16.7 Å². The van der Waals surface area contributed by atoms with Gasteiger partial charge in [0.25, 0.3) is 0 Å². The summed E-state index contributed by atoms with van der Waals surface area (Å²) in [6.07, 6.45) is 0.497. The molecule has 100 valence electrons. The number of benzene rings is 2. The van der Waals surface area contributed by atoms with Crippen LogP contribution in [0.2, 0.25) is 0 Å². The van der Waals surface area contributed by atoms with Crippen molar-refractivity contribution in [2.75, 3.05) is 0 Å². The lowest BCUT2D eigenvalue weighted by Gasteiger charge is -2.17. The maximum Gasteiger partial charge on any atom is 0.123 e. The normalized spacial score (nSPS) is 12.4. The molecule has 0 saturated carbocycles. The van der Waals surface area contributed by atoms with Crippen LogP contribution in [0.15, 0.2) is 42.5 Å². The van der Waals surface area contributed by atoms with Crippen LogP contribution >= 0.6 is 0 Å². The van der Waals surface area contributed by atoms with E-state index in [9.17, 15) is 8.78 Å². The zero-order chi connectivity index (χ0) is 13.8. The second-order valence-electron chi connectivity index (χ2n) is 4.62. The summed E-state index contributed by atoms with van der Waals surface area (Å²) in [7, 11) is 0. The first-order chi connectivity index (χ1) is 9.08. The topological polar surface area (TPSA) is 38.0 Å². The Morgan fingerprint density at radius 2 is 1.89 bits per heavy atom. The van der Waals surface area contributed by atoms with Gasteiger partial charge in [0, 0.05) is 0 Å². The second kappa shape index (κ2) is 5.91. The SMILES string of the molecule is Cc1cc(F)cc(C(Cc2cccc(F)c2)NN)c1. The largest absolute Gasteiger partial charge is 0.271 e. The van der Waals surface area contributed by atoms with Gasteiger partial charge in [-0.15, -0.1) is 0 Å². The molecule has 2 aromatic rings. The molecule has 19 heavy (non-hydrogen) atoms. The van der Waals surface area contributed by atoms with Crippen LogP contribution in [-0.2, 0) is 6.42 Å². The first-order valence-corrected chi connectivity index (χ1v) is 6.06. The van der Waals surface area contributed by atoms with Crippen molar-refractivity contribution < 1.29 is 8.78 Å². The van der Waals surface area contributed by atoms with Crippen LogP contribution in [0.3, 0.4) is 0 Å². The standard InChI is InChI=1S/C15H16F2N2/c1-10-5-12(9-14(17)6-10)15(19-18)8-11-3-2-4-13(16)7-11/h2-7,9,15,19H,8,18H2,1H3. The predicted octanol–water partition coefficient (Wildman–Crippen LogP) is 3.02. The molecule has 2 rings (SSSR count). The Labute approximate surface area is 111 Å². The van der Waals surface area contributed by atoms with Crippen molar-refractivity contribution in [3.63, 3.8) is 0 Å². The molecule has 2 aromatic carbocycles. The molecule has 0 fully saturated rings. The number of aryl methyl sites for hydroxylation is 1. The van der Waals surface area contributed by atoms with Crippen molar-refractivity contribution in [1.82, 2.24) is 5.43 Å². The van der Waals surface area contributed by atoms with Gasteiger partial charge in [-0.1, -0.05) is 18.2 Å². The molecule has 1 atom stereocenters. The smallest absolute Gasteiger partial charge is 0.123 e. The van der Waals surface area contributed by atoms with Gasteiger partial charge in [0.05, 0.1) is 6.04 Å². The number of halogens is 2. The zero-order valence-corrected chi connectivity index (χ0v) is 10.7. The number of hydrazine groups is 1. The molecule has 4 heteroatoms. The fraction of sp³-hybridized carbons (Fsp3) is 0.200. The highest BCUT2D eigenvalue weighted by molar-refractivity contribution is 5.28. The third kappa shape index (κ3) is 3.59. The Balaban J connectivity index is 2.24. The Morgan fingerprint density at radius 3 is 2.53 bits per heavy atom. The van der Waals surface area contributed by atoms with Gasteiger partial charge >= 0.3 is 0 Å². The van der Waals surface area contributed by atoms with Crippen molar-refractivity contribution in [3.8, 4) is 0 Å². The van der Waals surface area contributed by atoms with Gasteiger partial charge in [0.15, 0.2) is 0 Å². The predicted molar refractivity (Wildman–Crippen MR) is 71.3 cm³/mol. The summed E-state index contributed by atoms with van der Waals surface area (Å²) in [5.41, 5.74) is 5.04. The molecule has 0 aliphatic heterocycles. The average molecular weight is 262 g/mol. The highest BCUT2D eigenvalue weighted by Crippen LogP contribution is 2.20.